The summed E-state index contributed by atoms with van der Waals surface area (Å²) in [6.07, 6.45) is 1.30. The minimum Gasteiger partial charge on any atom is -0.292 e. The summed E-state index contributed by atoms with van der Waals surface area (Å²) in [5, 5.41) is 0. The van der Waals surface area contributed by atoms with Crippen molar-refractivity contribution < 1.29 is 0 Å². The Labute approximate surface area is 129 Å². The van der Waals surface area contributed by atoms with Crippen LogP contribution in [0.15, 0.2) is 60.7 Å². The molecule has 2 aromatic carbocycles. The number of rotatable bonds is 4. The van der Waals surface area contributed by atoms with Gasteiger partial charge in [0, 0.05) is 13.1 Å². The molecule has 1 fully saturated rings. The molecule has 0 radical (unpaired) electrons. The SMILES string of the molecule is CC.CCC1CN(C(c2ccccc2)c2ccccc2)C1. The van der Waals surface area contributed by atoms with Gasteiger partial charge < -0.3 is 0 Å². The molecule has 1 aliphatic heterocycles. The largest absolute Gasteiger partial charge is 0.292 e. The summed E-state index contributed by atoms with van der Waals surface area (Å²) in [6.45, 7) is 8.75. The Bertz CT molecular complexity index is 460. The molecule has 1 heteroatoms. The van der Waals surface area contributed by atoms with Crippen LogP contribution in [0.3, 0.4) is 0 Å². The molecule has 0 aliphatic carbocycles. The second kappa shape index (κ2) is 7.99. The Morgan fingerprint density at radius 3 is 1.67 bits per heavy atom. The van der Waals surface area contributed by atoms with E-state index in [1.807, 2.05) is 13.8 Å². The number of hydrogen-bond acceptors (Lipinski definition) is 1. The van der Waals surface area contributed by atoms with Crippen molar-refractivity contribution in [2.45, 2.75) is 33.2 Å². The quantitative estimate of drug-likeness (QED) is 0.749. The van der Waals surface area contributed by atoms with Crippen LogP contribution < -0.4 is 0 Å². The Hall–Kier alpha value is -1.60. The molecule has 0 atom stereocenters. The average Bonchev–Trinajstić information content (AvgIpc) is 2.54. The van der Waals surface area contributed by atoms with Crippen LogP contribution in [0.4, 0.5) is 0 Å². The summed E-state index contributed by atoms with van der Waals surface area (Å²) < 4.78 is 0. The second-order valence-electron chi connectivity index (χ2n) is 5.45. The van der Waals surface area contributed by atoms with Gasteiger partial charge in [-0.15, -0.1) is 0 Å². The van der Waals surface area contributed by atoms with Crippen molar-refractivity contribution in [3.63, 3.8) is 0 Å². The lowest BCUT2D eigenvalue weighted by atomic mass is 9.89. The molecule has 1 nitrogen and oxygen atoms in total. The van der Waals surface area contributed by atoms with E-state index in [0.717, 1.165) is 5.92 Å². The van der Waals surface area contributed by atoms with Crippen molar-refractivity contribution in [1.82, 2.24) is 4.90 Å². The normalized spacial score (nSPS) is 15.2. The molecule has 0 amide bonds. The standard InChI is InChI=1S/C18H21N.C2H6/c1-2-15-13-19(14-15)18(16-9-5-3-6-10-16)17-11-7-4-8-12-17;1-2/h3-12,15,18H,2,13-14H2,1H3;1-2H3. The van der Waals surface area contributed by atoms with E-state index >= 15 is 0 Å². The van der Waals surface area contributed by atoms with Crippen molar-refractivity contribution in [1.29, 1.82) is 0 Å². The summed E-state index contributed by atoms with van der Waals surface area (Å²) in [5.41, 5.74) is 2.81. The molecule has 0 unspecified atom stereocenters. The first kappa shape index (κ1) is 15.8. The third kappa shape index (κ3) is 3.74. The molecular weight excluding hydrogens is 254 g/mol. The van der Waals surface area contributed by atoms with Crippen LogP contribution in [-0.2, 0) is 0 Å². The minimum absolute atomic E-state index is 0.421. The van der Waals surface area contributed by atoms with Gasteiger partial charge in [0.05, 0.1) is 6.04 Å². The summed E-state index contributed by atoms with van der Waals surface area (Å²) in [7, 11) is 0. The predicted molar refractivity (Wildman–Crippen MR) is 91.4 cm³/mol. The van der Waals surface area contributed by atoms with Gasteiger partial charge in [-0.2, -0.15) is 0 Å². The van der Waals surface area contributed by atoms with Gasteiger partial charge in [0.25, 0.3) is 0 Å². The van der Waals surface area contributed by atoms with Crippen molar-refractivity contribution in [2.24, 2.45) is 5.92 Å². The Kier molecular flexibility index (Phi) is 6.01. The van der Waals surface area contributed by atoms with E-state index in [1.165, 1.54) is 30.6 Å². The smallest absolute Gasteiger partial charge is 0.0602 e. The number of hydrogen-bond donors (Lipinski definition) is 0. The highest BCUT2D eigenvalue weighted by molar-refractivity contribution is 5.32. The van der Waals surface area contributed by atoms with Crippen molar-refractivity contribution in [3.8, 4) is 0 Å². The first-order chi connectivity index (χ1) is 10.4. The molecule has 0 aromatic heterocycles. The van der Waals surface area contributed by atoms with Gasteiger partial charge in [0.1, 0.15) is 0 Å². The molecular formula is C20H27N. The van der Waals surface area contributed by atoms with E-state index in [-0.39, 0.29) is 0 Å². The third-order valence-corrected chi connectivity index (χ3v) is 4.16. The zero-order chi connectivity index (χ0) is 15.1. The van der Waals surface area contributed by atoms with E-state index in [2.05, 4.69) is 72.5 Å². The molecule has 0 bridgehead atoms. The molecule has 0 saturated carbocycles. The Morgan fingerprint density at radius 2 is 1.29 bits per heavy atom. The molecule has 0 spiro atoms. The molecule has 1 heterocycles. The van der Waals surface area contributed by atoms with Gasteiger partial charge >= 0.3 is 0 Å². The summed E-state index contributed by atoms with van der Waals surface area (Å²) >= 11 is 0. The van der Waals surface area contributed by atoms with Crippen LogP contribution >= 0.6 is 0 Å². The molecule has 0 N–H and O–H groups in total. The Balaban J connectivity index is 0.000000774. The van der Waals surface area contributed by atoms with Gasteiger partial charge in [-0.1, -0.05) is 87.9 Å². The first-order valence-electron chi connectivity index (χ1n) is 8.22. The fourth-order valence-electron chi connectivity index (χ4n) is 2.96. The number of nitrogens with zero attached hydrogens (tertiary/aromatic N) is 1. The fraction of sp³-hybridized carbons (Fsp3) is 0.400. The maximum Gasteiger partial charge on any atom is 0.0602 e. The lowest BCUT2D eigenvalue weighted by Crippen LogP contribution is -2.48. The van der Waals surface area contributed by atoms with Crippen LogP contribution in [0.2, 0.25) is 0 Å². The molecule has 2 aromatic rings. The topological polar surface area (TPSA) is 3.24 Å². The van der Waals surface area contributed by atoms with E-state index in [1.54, 1.807) is 0 Å². The van der Waals surface area contributed by atoms with Crippen LogP contribution in [0.5, 0.6) is 0 Å². The number of likely N-dealkylation sites (tertiary alicyclic amines) is 1. The highest BCUT2D eigenvalue weighted by Gasteiger charge is 2.32. The van der Waals surface area contributed by atoms with Crippen LogP contribution in [0, 0.1) is 5.92 Å². The summed E-state index contributed by atoms with van der Waals surface area (Å²) in [4.78, 5) is 2.60. The second-order valence-corrected chi connectivity index (χ2v) is 5.45. The highest BCUT2D eigenvalue weighted by Crippen LogP contribution is 2.34. The summed E-state index contributed by atoms with van der Waals surface area (Å²) in [6, 6.07) is 22.2. The van der Waals surface area contributed by atoms with Crippen LogP contribution in [-0.4, -0.2) is 18.0 Å². The van der Waals surface area contributed by atoms with Gasteiger partial charge in [0.2, 0.25) is 0 Å². The van der Waals surface area contributed by atoms with Crippen LogP contribution in [0.1, 0.15) is 44.4 Å². The zero-order valence-electron chi connectivity index (χ0n) is 13.5. The lowest BCUT2D eigenvalue weighted by Gasteiger charge is -2.44. The molecule has 112 valence electrons. The molecule has 1 saturated heterocycles. The minimum atomic E-state index is 0.421. The summed E-state index contributed by atoms with van der Waals surface area (Å²) in [5.74, 6) is 0.884. The molecule has 3 rings (SSSR count). The third-order valence-electron chi connectivity index (χ3n) is 4.16. The van der Waals surface area contributed by atoms with E-state index < -0.39 is 0 Å². The van der Waals surface area contributed by atoms with Gasteiger partial charge in [0.15, 0.2) is 0 Å². The Morgan fingerprint density at radius 1 is 0.857 bits per heavy atom. The number of benzene rings is 2. The van der Waals surface area contributed by atoms with Crippen LogP contribution in [0.25, 0.3) is 0 Å². The zero-order valence-corrected chi connectivity index (χ0v) is 13.5. The van der Waals surface area contributed by atoms with E-state index in [9.17, 15) is 0 Å². The van der Waals surface area contributed by atoms with Gasteiger partial charge in [-0.25, -0.2) is 0 Å². The van der Waals surface area contributed by atoms with Crippen molar-refractivity contribution in [2.75, 3.05) is 13.1 Å². The van der Waals surface area contributed by atoms with Gasteiger partial charge in [-0.05, 0) is 17.0 Å². The van der Waals surface area contributed by atoms with E-state index in [4.69, 9.17) is 0 Å². The predicted octanol–water partition coefficient (Wildman–Crippen LogP) is 5.14. The maximum absolute atomic E-state index is 2.60. The van der Waals surface area contributed by atoms with Gasteiger partial charge in [-0.3, -0.25) is 4.90 Å². The van der Waals surface area contributed by atoms with E-state index in [0.29, 0.717) is 6.04 Å². The first-order valence-corrected chi connectivity index (χ1v) is 8.22. The molecule has 21 heavy (non-hydrogen) atoms. The average molecular weight is 281 g/mol. The highest BCUT2D eigenvalue weighted by atomic mass is 15.2. The van der Waals surface area contributed by atoms with Crippen molar-refractivity contribution >= 4 is 0 Å². The molecule has 1 aliphatic rings. The maximum atomic E-state index is 2.60. The monoisotopic (exact) mass is 281 g/mol. The van der Waals surface area contributed by atoms with Crippen molar-refractivity contribution in [3.05, 3.63) is 71.8 Å². The lowest BCUT2D eigenvalue weighted by molar-refractivity contribution is 0.0665. The fourth-order valence-corrected chi connectivity index (χ4v) is 2.96.